The molecule has 1 amide bonds. The molecule has 4 nitrogen and oxygen atoms in total. The Bertz CT molecular complexity index is 339. The standard InChI is InChI=1S/C14H23NO3/c1-14(2,3)18-13(17)10-8-12(16)15(9-10)11-6-4-5-7-11/h10-11H,4-9H2,1-3H3. The van der Waals surface area contributed by atoms with Crippen LogP contribution in [0.4, 0.5) is 0 Å². The highest BCUT2D eigenvalue weighted by Crippen LogP contribution is 2.30. The largest absolute Gasteiger partial charge is 0.460 e. The minimum Gasteiger partial charge on any atom is -0.460 e. The maximum Gasteiger partial charge on any atom is 0.311 e. The van der Waals surface area contributed by atoms with Crippen molar-refractivity contribution < 1.29 is 14.3 Å². The maximum atomic E-state index is 12.0. The van der Waals surface area contributed by atoms with Crippen LogP contribution in [0, 0.1) is 5.92 Å². The highest BCUT2D eigenvalue weighted by atomic mass is 16.6. The van der Waals surface area contributed by atoms with Gasteiger partial charge in [-0.2, -0.15) is 0 Å². The zero-order chi connectivity index (χ0) is 13.3. The molecule has 1 aliphatic heterocycles. The second-order valence-corrected chi connectivity index (χ2v) is 6.42. The van der Waals surface area contributed by atoms with Gasteiger partial charge in [-0.1, -0.05) is 12.8 Å². The molecule has 0 aromatic carbocycles. The van der Waals surface area contributed by atoms with E-state index in [9.17, 15) is 9.59 Å². The van der Waals surface area contributed by atoms with Gasteiger partial charge in [-0.25, -0.2) is 0 Å². The van der Waals surface area contributed by atoms with Crippen molar-refractivity contribution in [3.63, 3.8) is 0 Å². The molecule has 1 saturated carbocycles. The Morgan fingerprint density at radius 3 is 2.44 bits per heavy atom. The van der Waals surface area contributed by atoms with Crippen molar-refractivity contribution in [2.45, 2.75) is 64.5 Å². The summed E-state index contributed by atoms with van der Waals surface area (Å²) in [5.74, 6) is -0.369. The highest BCUT2D eigenvalue weighted by Gasteiger charge is 2.40. The number of ether oxygens (including phenoxy) is 1. The van der Waals surface area contributed by atoms with Gasteiger partial charge in [-0.15, -0.1) is 0 Å². The van der Waals surface area contributed by atoms with Gasteiger partial charge in [0.15, 0.2) is 0 Å². The Hall–Kier alpha value is -1.06. The van der Waals surface area contributed by atoms with Crippen LogP contribution >= 0.6 is 0 Å². The van der Waals surface area contributed by atoms with Crippen LogP contribution in [0.1, 0.15) is 52.9 Å². The average molecular weight is 253 g/mol. The van der Waals surface area contributed by atoms with E-state index in [1.807, 2.05) is 25.7 Å². The van der Waals surface area contributed by atoms with Crippen LogP contribution in [0.2, 0.25) is 0 Å². The van der Waals surface area contributed by atoms with Crippen molar-refractivity contribution in [1.82, 2.24) is 4.90 Å². The van der Waals surface area contributed by atoms with Crippen molar-refractivity contribution in [3.05, 3.63) is 0 Å². The number of hydrogen-bond donors (Lipinski definition) is 0. The van der Waals surface area contributed by atoms with E-state index in [2.05, 4.69) is 0 Å². The van der Waals surface area contributed by atoms with E-state index in [-0.39, 0.29) is 17.8 Å². The van der Waals surface area contributed by atoms with Crippen LogP contribution in [0.25, 0.3) is 0 Å². The Kier molecular flexibility index (Phi) is 3.64. The predicted molar refractivity (Wildman–Crippen MR) is 67.9 cm³/mol. The number of rotatable bonds is 2. The second-order valence-electron chi connectivity index (χ2n) is 6.42. The molecule has 1 unspecified atom stereocenters. The molecule has 0 N–H and O–H groups in total. The lowest BCUT2D eigenvalue weighted by molar-refractivity contribution is -0.159. The third-order valence-corrected chi connectivity index (χ3v) is 3.66. The van der Waals surface area contributed by atoms with Gasteiger partial charge in [0, 0.05) is 19.0 Å². The van der Waals surface area contributed by atoms with Crippen molar-refractivity contribution >= 4 is 11.9 Å². The molecule has 0 bridgehead atoms. The van der Waals surface area contributed by atoms with E-state index in [1.165, 1.54) is 12.8 Å². The summed E-state index contributed by atoms with van der Waals surface area (Å²) in [6.45, 7) is 6.13. The van der Waals surface area contributed by atoms with Gasteiger partial charge in [0.1, 0.15) is 5.60 Å². The van der Waals surface area contributed by atoms with E-state index in [4.69, 9.17) is 4.74 Å². The van der Waals surface area contributed by atoms with Gasteiger partial charge in [-0.05, 0) is 33.6 Å². The SMILES string of the molecule is CC(C)(C)OC(=O)C1CC(=O)N(C2CCCC2)C1. The number of hydrogen-bond acceptors (Lipinski definition) is 3. The fraction of sp³-hybridized carbons (Fsp3) is 0.857. The number of carbonyl (C=O) groups is 2. The first-order chi connectivity index (χ1) is 8.37. The summed E-state index contributed by atoms with van der Waals surface area (Å²) in [7, 11) is 0. The molecule has 1 atom stereocenters. The fourth-order valence-electron chi connectivity index (χ4n) is 2.84. The molecule has 1 aliphatic carbocycles. The van der Waals surface area contributed by atoms with Crippen LogP contribution in [-0.2, 0) is 14.3 Å². The number of amides is 1. The number of likely N-dealkylation sites (tertiary alicyclic amines) is 1. The molecule has 1 saturated heterocycles. The normalized spacial score (nSPS) is 25.8. The maximum absolute atomic E-state index is 12.0. The monoisotopic (exact) mass is 253 g/mol. The predicted octanol–water partition coefficient (Wildman–Crippen LogP) is 2.12. The lowest BCUT2D eigenvalue weighted by Crippen LogP contribution is -2.36. The number of esters is 1. The first kappa shape index (κ1) is 13.4. The average Bonchev–Trinajstić information content (AvgIpc) is 2.82. The molecular formula is C14H23NO3. The summed E-state index contributed by atoms with van der Waals surface area (Å²) >= 11 is 0. The second kappa shape index (κ2) is 4.90. The molecule has 18 heavy (non-hydrogen) atoms. The smallest absolute Gasteiger partial charge is 0.311 e. The van der Waals surface area contributed by atoms with Gasteiger partial charge >= 0.3 is 5.97 Å². The molecule has 1 heterocycles. The molecule has 0 aromatic rings. The molecule has 102 valence electrons. The molecular weight excluding hydrogens is 230 g/mol. The first-order valence-electron chi connectivity index (χ1n) is 6.89. The van der Waals surface area contributed by atoms with Crippen LogP contribution < -0.4 is 0 Å². The summed E-state index contributed by atoms with van der Waals surface area (Å²) < 4.78 is 5.36. The third-order valence-electron chi connectivity index (χ3n) is 3.66. The lowest BCUT2D eigenvalue weighted by atomic mass is 10.1. The zero-order valence-electron chi connectivity index (χ0n) is 11.6. The Morgan fingerprint density at radius 1 is 1.28 bits per heavy atom. The minimum absolute atomic E-state index is 0.123. The topological polar surface area (TPSA) is 46.6 Å². The molecule has 2 aliphatic rings. The van der Waals surface area contributed by atoms with Crippen molar-refractivity contribution in [2.75, 3.05) is 6.54 Å². The summed E-state index contributed by atoms with van der Waals surface area (Å²) in [5, 5.41) is 0. The third kappa shape index (κ3) is 3.03. The van der Waals surface area contributed by atoms with Crippen LogP contribution in [0.5, 0.6) is 0 Å². The van der Waals surface area contributed by atoms with Gasteiger partial charge in [-0.3, -0.25) is 9.59 Å². The van der Waals surface area contributed by atoms with Crippen molar-refractivity contribution in [1.29, 1.82) is 0 Å². The zero-order valence-corrected chi connectivity index (χ0v) is 11.6. The van der Waals surface area contributed by atoms with Gasteiger partial charge in [0.25, 0.3) is 0 Å². The van der Waals surface area contributed by atoms with E-state index >= 15 is 0 Å². The van der Waals surface area contributed by atoms with Gasteiger partial charge < -0.3 is 9.64 Å². The lowest BCUT2D eigenvalue weighted by Gasteiger charge is -2.25. The molecule has 4 heteroatoms. The van der Waals surface area contributed by atoms with Gasteiger partial charge in [0.05, 0.1) is 5.92 Å². The van der Waals surface area contributed by atoms with Crippen LogP contribution in [-0.4, -0.2) is 35.0 Å². The Balaban J connectivity index is 1.93. The minimum atomic E-state index is -0.471. The molecule has 0 radical (unpaired) electrons. The van der Waals surface area contributed by atoms with Crippen LogP contribution in [0.15, 0.2) is 0 Å². The highest BCUT2D eigenvalue weighted by molar-refractivity contribution is 5.87. The number of carbonyl (C=O) groups excluding carboxylic acids is 2. The Labute approximate surface area is 109 Å². The quantitative estimate of drug-likeness (QED) is 0.708. The van der Waals surface area contributed by atoms with Crippen LogP contribution in [0.3, 0.4) is 0 Å². The van der Waals surface area contributed by atoms with E-state index in [0.29, 0.717) is 19.0 Å². The summed E-state index contributed by atoms with van der Waals surface area (Å²) in [5.41, 5.74) is -0.471. The van der Waals surface area contributed by atoms with E-state index < -0.39 is 5.60 Å². The summed E-state index contributed by atoms with van der Waals surface area (Å²) in [4.78, 5) is 25.8. The fourth-order valence-corrected chi connectivity index (χ4v) is 2.84. The van der Waals surface area contributed by atoms with Crippen molar-refractivity contribution in [3.8, 4) is 0 Å². The van der Waals surface area contributed by atoms with Crippen molar-refractivity contribution in [2.24, 2.45) is 5.92 Å². The molecule has 0 aromatic heterocycles. The van der Waals surface area contributed by atoms with E-state index in [1.54, 1.807) is 0 Å². The molecule has 0 spiro atoms. The molecule has 2 fully saturated rings. The summed E-state index contributed by atoms with van der Waals surface area (Å²) in [6, 6.07) is 0.366. The molecule has 2 rings (SSSR count). The Morgan fingerprint density at radius 2 is 1.89 bits per heavy atom. The summed E-state index contributed by atoms with van der Waals surface area (Å²) in [6.07, 6.45) is 4.90. The van der Waals surface area contributed by atoms with E-state index in [0.717, 1.165) is 12.8 Å². The van der Waals surface area contributed by atoms with Gasteiger partial charge in [0.2, 0.25) is 5.91 Å². The first-order valence-corrected chi connectivity index (χ1v) is 6.89. The number of nitrogens with zero attached hydrogens (tertiary/aromatic N) is 1.